The maximum atomic E-state index is 14.6. The Kier molecular flexibility index (Phi) is 12.4. The molecule has 0 spiro atoms. The summed E-state index contributed by atoms with van der Waals surface area (Å²) in [6.07, 6.45) is -0.205. The number of benzene rings is 2. The average molecular weight is 840 g/mol. The second kappa shape index (κ2) is 17.7. The van der Waals surface area contributed by atoms with Crippen LogP contribution in [0, 0.1) is 17.6 Å². The van der Waals surface area contributed by atoms with Gasteiger partial charge in [-0.1, -0.05) is 6.92 Å². The molecule has 5 N–H and O–H groups in total. The number of rotatable bonds is 6. The number of cyclic esters (lactones) is 1. The Hall–Kier alpha value is -6.05. The Morgan fingerprint density at radius 2 is 1.58 bits per heavy atom. The number of hydrogen-bond donors (Lipinski definition) is 5. The van der Waals surface area contributed by atoms with Crippen LogP contribution in [-0.4, -0.2) is 137 Å². The molecule has 4 fully saturated rings. The maximum Gasteiger partial charge on any atom is 0.328 e. The van der Waals surface area contributed by atoms with Crippen molar-refractivity contribution >= 4 is 47.2 Å². The first-order chi connectivity index (χ1) is 28.6. The predicted molar refractivity (Wildman–Crippen MR) is 204 cm³/mol. The molecule has 5 heterocycles. The Labute approximate surface area is 343 Å². The fourth-order valence-corrected chi connectivity index (χ4v) is 8.47. The van der Waals surface area contributed by atoms with E-state index in [0.717, 1.165) is 17.0 Å². The molecule has 0 radical (unpaired) electrons. The van der Waals surface area contributed by atoms with Crippen LogP contribution in [0.2, 0.25) is 0 Å². The van der Waals surface area contributed by atoms with E-state index in [1.165, 1.54) is 28.9 Å². The number of anilines is 1. The molecule has 7 rings (SSSR count). The van der Waals surface area contributed by atoms with Gasteiger partial charge in [0.05, 0.1) is 6.10 Å². The first-order valence-electron chi connectivity index (χ1n) is 19.9. The van der Waals surface area contributed by atoms with Gasteiger partial charge in [-0.05, 0) is 68.4 Å². The molecule has 5 aliphatic heterocycles. The molecule has 0 saturated carbocycles. The second-order valence-electron chi connectivity index (χ2n) is 15.9. The molecule has 322 valence electrons. The predicted octanol–water partition coefficient (Wildman–Crippen LogP) is 0.553. The van der Waals surface area contributed by atoms with E-state index in [2.05, 4.69) is 21.3 Å². The van der Waals surface area contributed by atoms with Crippen molar-refractivity contribution in [1.82, 2.24) is 30.7 Å². The van der Waals surface area contributed by atoms with Gasteiger partial charge in [-0.2, -0.15) is 0 Å². The highest BCUT2D eigenvalue weighted by atomic mass is 19.1. The normalized spacial score (nSPS) is 27.6. The van der Waals surface area contributed by atoms with E-state index in [1.54, 1.807) is 6.07 Å². The third-order valence-electron chi connectivity index (χ3n) is 11.4. The Morgan fingerprint density at radius 3 is 2.35 bits per heavy atom. The zero-order valence-corrected chi connectivity index (χ0v) is 33.0. The molecule has 2 aromatic carbocycles. The van der Waals surface area contributed by atoms with E-state index in [0.29, 0.717) is 30.4 Å². The van der Waals surface area contributed by atoms with Crippen molar-refractivity contribution in [1.29, 1.82) is 0 Å². The van der Waals surface area contributed by atoms with E-state index in [-0.39, 0.29) is 62.9 Å². The highest BCUT2D eigenvalue weighted by Gasteiger charge is 2.47. The van der Waals surface area contributed by atoms with Crippen LogP contribution < -0.4 is 30.7 Å². The van der Waals surface area contributed by atoms with Crippen molar-refractivity contribution in [3.63, 3.8) is 0 Å². The summed E-state index contributed by atoms with van der Waals surface area (Å²) in [7, 11) is 0. The summed E-state index contributed by atoms with van der Waals surface area (Å²) < 4.78 is 45.0. The summed E-state index contributed by atoms with van der Waals surface area (Å²) in [5, 5.41) is 21.1. The summed E-state index contributed by atoms with van der Waals surface area (Å²) in [4.78, 5) is 101. The number of piperidine rings is 1. The number of ether oxygens (including phenoxy) is 3. The third-order valence-corrected chi connectivity index (χ3v) is 11.4. The van der Waals surface area contributed by atoms with Crippen molar-refractivity contribution in [3.8, 4) is 11.5 Å². The number of nitrogens with zero attached hydrogens (tertiary/aromatic N) is 3. The number of aliphatic hydroxyl groups excluding tert-OH is 1. The van der Waals surface area contributed by atoms with Crippen LogP contribution in [0.3, 0.4) is 0 Å². The molecule has 0 aromatic heterocycles. The number of esters is 1. The van der Waals surface area contributed by atoms with Gasteiger partial charge in [-0.3, -0.25) is 24.0 Å². The molecule has 0 aliphatic carbocycles. The lowest BCUT2D eigenvalue weighted by Crippen LogP contribution is -2.62. The molecule has 0 bridgehead atoms. The van der Waals surface area contributed by atoms with E-state index < -0.39 is 109 Å². The number of halogens is 2. The van der Waals surface area contributed by atoms with Gasteiger partial charge < -0.3 is 55.3 Å². The van der Waals surface area contributed by atoms with E-state index in [1.807, 2.05) is 6.92 Å². The van der Waals surface area contributed by atoms with Crippen molar-refractivity contribution in [3.05, 3.63) is 53.6 Å². The largest absolute Gasteiger partial charge is 0.461 e. The standard InChI is InChI=1S/C40H47F2N7O11/c1-20-9-31-39(56)58-18-28(37(54)49-17-26(50)15-30(49)38(55)47-8-4-3-5-29(47)35(52)43-21(2)36(53)48(31)16-20)45-34(51)27(12-22-10-23(41)13-24(42)11-22)46-40(57)44-25-6-7-32-33(14-25)60-19-59-32/h6-7,10-11,13-14,20-21,26-31,50H,3-5,8-9,12,15-19H2,1-2H3,(H,43,52)(H,45,51)(H2,44,46,57)/t20-,21+,26-,27+,28+,29?,30+,31+/m1/s1. The molecular weight excluding hydrogens is 792 g/mol. The summed E-state index contributed by atoms with van der Waals surface area (Å²) in [6, 6.07) is -1.61. The van der Waals surface area contributed by atoms with Gasteiger partial charge in [0.1, 0.15) is 54.5 Å². The molecular formula is C40H47F2N7O11. The van der Waals surface area contributed by atoms with Crippen molar-refractivity contribution in [2.24, 2.45) is 5.92 Å². The highest BCUT2D eigenvalue weighted by Crippen LogP contribution is 2.34. The van der Waals surface area contributed by atoms with Crippen LogP contribution in [0.5, 0.6) is 11.5 Å². The number of urea groups is 1. The first kappa shape index (κ1) is 42.1. The van der Waals surface area contributed by atoms with Crippen LogP contribution in [0.4, 0.5) is 19.3 Å². The lowest BCUT2D eigenvalue weighted by atomic mass is 9.99. The fraction of sp³-hybridized carbons (Fsp3) is 0.525. The Morgan fingerprint density at radius 1 is 0.850 bits per heavy atom. The minimum absolute atomic E-state index is 0.0246. The Balaban J connectivity index is 1.19. The lowest BCUT2D eigenvalue weighted by Gasteiger charge is -2.39. The second-order valence-corrected chi connectivity index (χ2v) is 15.9. The van der Waals surface area contributed by atoms with Gasteiger partial charge in [0, 0.05) is 50.3 Å². The summed E-state index contributed by atoms with van der Waals surface area (Å²) in [5.41, 5.74) is 0.210. The zero-order valence-electron chi connectivity index (χ0n) is 33.0. The summed E-state index contributed by atoms with van der Waals surface area (Å²) in [6.45, 7) is 2.48. The minimum Gasteiger partial charge on any atom is -0.461 e. The molecule has 18 nitrogen and oxygen atoms in total. The van der Waals surface area contributed by atoms with Crippen LogP contribution in [0.25, 0.3) is 0 Å². The monoisotopic (exact) mass is 839 g/mol. The summed E-state index contributed by atoms with van der Waals surface area (Å²) >= 11 is 0. The molecule has 1 unspecified atom stereocenters. The van der Waals surface area contributed by atoms with Crippen LogP contribution in [0.15, 0.2) is 36.4 Å². The Bertz CT molecular complexity index is 2040. The van der Waals surface area contributed by atoms with Crippen LogP contribution in [0.1, 0.15) is 51.5 Å². The zero-order chi connectivity index (χ0) is 42.8. The number of fused-ring (bicyclic) bond motifs is 4. The maximum absolute atomic E-state index is 14.6. The highest BCUT2D eigenvalue weighted by molar-refractivity contribution is 5.98. The van der Waals surface area contributed by atoms with Gasteiger partial charge in [-0.25, -0.2) is 18.4 Å². The van der Waals surface area contributed by atoms with Gasteiger partial charge in [-0.15, -0.1) is 0 Å². The van der Waals surface area contributed by atoms with Crippen molar-refractivity contribution in [2.75, 3.05) is 38.4 Å². The SMILES string of the molecule is C[C@@H]1C[C@H]2C(=O)OC[C@H](NC(=O)[C@H](Cc3cc(F)cc(F)c3)NC(=O)Nc3ccc4c(c3)OCO4)C(=O)N3C[C@H](O)C[C@H]3C(=O)N3CCCCC3C(=O)N[C@@H](C)C(=O)N2C1. The van der Waals surface area contributed by atoms with Crippen molar-refractivity contribution < 1.29 is 61.7 Å². The fourth-order valence-electron chi connectivity index (χ4n) is 8.47. The van der Waals surface area contributed by atoms with Gasteiger partial charge in [0.2, 0.25) is 36.3 Å². The lowest BCUT2D eigenvalue weighted by molar-refractivity contribution is -0.158. The number of carbonyl (C=O) groups excluding carboxylic acids is 7. The quantitative estimate of drug-likeness (QED) is 0.253. The number of hydrogen-bond acceptors (Lipinski definition) is 11. The third kappa shape index (κ3) is 9.22. The van der Waals surface area contributed by atoms with Crippen LogP contribution in [-0.2, 0) is 39.9 Å². The topological polar surface area (TPSA) is 225 Å². The molecule has 8 atom stereocenters. The smallest absolute Gasteiger partial charge is 0.328 e. The minimum atomic E-state index is -1.73. The van der Waals surface area contributed by atoms with Gasteiger partial charge in [0.15, 0.2) is 11.5 Å². The molecule has 20 heteroatoms. The molecule has 4 saturated heterocycles. The first-order valence-corrected chi connectivity index (χ1v) is 19.9. The van der Waals surface area contributed by atoms with Crippen molar-refractivity contribution in [2.45, 2.75) is 94.7 Å². The van der Waals surface area contributed by atoms with Gasteiger partial charge in [0.25, 0.3) is 0 Å². The van der Waals surface area contributed by atoms with E-state index in [9.17, 15) is 47.4 Å². The molecule has 60 heavy (non-hydrogen) atoms. The van der Waals surface area contributed by atoms with Gasteiger partial charge >= 0.3 is 12.0 Å². The molecule has 7 amide bonds. The summed E-state index contributed by atoms with van der Waals surface area (Å²) in [5.74, 6) is -5.89. The number of nitrogens with one attached hydrogen (secondary N) is 4. The van der Waals surface area contributed by atoms with E-state index in [4.69, 9.17) is 14.2 Å². The molecule has 2 aromatic rings. The van der Waals surface area contributed by atoms with E-state index >= 15 is 0 Å². The average Bonchev–Trinajstić information content (AvgIpc) is 3.95. The number of carbonyl (C=O) groups is 7. The number of amides is 7. The molecule has 5 aliphatic rings. The van der Waals surface area contributed by atoms with Crippen LogP contribution >= 0.6 is 0 Å². The number of aliphatic hydroxyl groups is 1.